The van der Waals surface area contributed by atoms with Gasteiger partial charge in [0.1, 0.15) is 5.75 Å². The molecule has 0 saturated carbocycles. The van der Waals surface area contributed by atoms with Gasteiger partial charge in [0.2, 0.25) is 0 Å². The summed E-state index contributed by atoms with van der Waals surface area (Å²) in [6.07, 6.45) is 0. The van der Waals surface area contributed by atoms with Crippen molar-refractivity contribution in [3.8, 4) is 5.75 Å². The number of methoxy groups -OCH3 is 1. The summed E-state index contributed by atoms with van der Waals surface area (Å²) < 4.78 is 5.11. The van der Waals surface area contributed by atoms with Crippen LogP contribution in [0.25, 0.3) is 0 Å². The van der Waals surface area contributed by atoms with Gasteiger partial charge in [-0.15, -0.1) is 0 Å². The Morgan fingerprint density at radius 2 is 1.48 bits per heavy atom. The molecule has 2 aromatic rings. The van der Waals surface area contributed by atoms with Gasteiger partial charge in [0.05, 0.1) is 7.11 Å². The van der Waals surface area contributed by atoms with Gasteiger partial charge in [-0.1, -0.05) is 30.3 Å². The molecule has 2 N–H and O–H groups in total. The lowest BCUT2D eigenvalue weighted by molar-refractivity contribution is 0.149. The smallest absolute Gasteiger partial charge is 0.321 e. The number of anilines is 1. The van der Waals surface area contributed by atoms with Crippen molar-refractivity contribution in [3.63, 3.8) is 0 Å². The van der Waals surface area contributed by atoms with Crippen LogP contribution in [-0.4, -0.2) is 55.2 Å². The molecule has 3 rings (SSSR count). The van der Waals surface area contributed by atoms with E-state index in [0.29, 0.717) is 38.4 Å². The van der Waals surface area contributed by atoms with Crippen molar-refractivity contribution < 1.29 is 14.3 Å². The van der Waals surface area contributed by atoms with Crippen molar-refractivity contribution in [1.82, 2.24) is 15.1 Å². The average molecular weight is 368 g/mol. The number of nitrogens with one attached hydrogen (secondary N) is 2. The molecule has 1 heterocycles. The largest absolute Gasteiger partial charge is 0.497 e. The lowest BCUT2D eigenvalue weighted by Gasteiger charge is -2.34. The van der Waals surface area contributed by atoms with Gasteiger partial charge in [-0.25, -0.2) is 9.59 Å². The SMILES string of the molecule is COc1ccc(NC(=O)N2CCN(C(=O)NCc3ccccc3)CC2)cc1. The molecule has 0 atom stereocenters. The summed E-state index contributed by atoms with van der Waals surface area (Å²) in [4.78, 5) is 28.1. The first kappa shape index (κ1) is 18.6. The van der Waals surface area contributed by atoms with E-state index in [1.807, 2.05) is 30.3 Å². The van der Waals surface area contributed by atoms with Crippen molar-refractivity contribution in [2.75, 3.05) is 38.6 Å². The first-order valence-electron chi connectivity index (χ1n) is 8.92. The topological polar surface area (TPSA) is 73.9 Å². The van der Waals surface area contributed by atoms with Crippen LogP contribution in [0.15, 0.2) is 54.6 Å². The van der Waals surface area contributed by atoms with E-state index in [2.05, 4.69) is 10.6 Å². The van der Waals surface area contributed by atoms with Crippen LogP contribution in [0.1, 0.15) is 5.56 Å². The predicted molar refractivity (Wildman–Crippen MR) is 104 cm³/mol. The molecule has 0 spiro atoms. The van der Waals surface area contributed by atoms with Gasteiger partial charge in [0, 0.05) is 38.4 Å². The number of hydrogen-bond acceptors (Lipinski definition) is 3. The molecule has 2 aromatic carbocycles. The molecule has 0 bridgehead atoms. The average Bonchev–Trinajstić information content (AvgIpc) is 2.73. The second-order valence-corrected chi connectivity index (χ2v) is 6.28. The van der Waals surface area contributed by atoms with Crippen LogP contribution in [0.4, 0.5) is 15.3 Å². The Balaban J connectivity index is 1.43. The Morgan fingerprint density at radius 3 is 2.07 bits per heavy atom. The summed E-state index contributed by atoms with van der Waals surface area (Å²) in [7, 11) is 1.60. The zero-order valence-corrected chi connectivity index (χ0v) is 15.4. The number of urea groups is 2. The van der Waals surface area contributed by atoms with Crippen LogP contribution < -0.4 is 15.4 Å². The summed E-state index contributed by atoms with van der Waals surface area (Å²) in [6, 6.07) is 16.7. The van der Waals surface area contributed by atoms with Gasteiger partial charge in [0.15, 0.2) is 0 Å². The standard InChI is InChI=1S/C20H24N4O3/c1-27-18-9-7-17(8-10-18)22-20(26)24-13-11-23(12-14-24)19(25)21-15-16-5-3-2-4-6-16/h2-10H,11-15H2,1H3,(H,21,25)(H,22,26). The van der Waals surface area contributed by atoms with E-state index in [9.17, 15) is 9.59 Å². The van der Waals surface area contributed by atoms with Gasteiger partial charge in [-0.2, -0.15) is 0 Å². The molecular weight excluding hydrogens is 344 g/mol. The van der Waals surface area contributed by atoms with Gasteiger partial charge in [0.25, 0.3) is 0 Å². The molecule has 7 nitrogen and oxygen atoms in total. The maximum atomic E-state index is 12.4. The number of ether oxygens (including phenoxy) is 1. The minimum atomic E-state index is -0.162. The molecule has 0 aromatic heterocycles. The van der Waals surface area contributed by atoms with Crippen molar-refractivity contribution in [3.05, 3.63) is 60.2 Å². The number of piperazine rings is 1. The van der Waals surface area contributed by atoms with Crippen LogP contribution in [0.2, 0.25) is 0 Å². The second kappa shape index (κ2) is 8.93. The van der Waals surface area contributed by atoms with E-state index < -0.39 is 0 Å². The molecule has 1 fully saturated rings. The molecule has 1 aliphatic heterocycles. The fourth-order valence-corrected chi connectivity index (χ4v) is 2.87. The molecule has 1 saturated heterocycles. The minimum Gasteiger partial charge on any atom is -0.497 e. The van der Waals surface area contributed by atoms with E-state index >= 15 is 0 Å². The highest BCUT2D eigenvalue weighted by Crippen LogP contribution is 2.16. The Labute approximate surface area is 158 Å². The summed E-state index contributed by atoms with van der Waals surface area (Å²) in [5, 5.41) is 5.79. The van der Waals surface area contributed by atoms with E-state index in [0.717, 1.165) is 11.3 Å². The third-order valence-corrected chi connectivity index (χ3v) is 4.48. The van der Waals surface area contributed by atoms with Crippen LogP contribution in [0.3, 0.4) is 0 Å². The molecule has 0 aliphatic carbocycles. The number of benzene rings is 2. The maximum Gasteiger partial charge on any atom is 0.321 e. The number of hydrogen-bond donors (Lipinski definition) is 2. The number of rotatable bonds is 4. The van der Waals surface area contributed by atoms with E-state index in [1.165, 1.54) is 0 Å². The lowest BCUT2D eigenvalue weighted by Crippen LogP contribution is -2.53. The zero-order chi connectivity index (χ0) is 19.1. The summed E-state index contributed by atoms with van der Waals surface area (Å²) in [6.45, 7) is 2.52. The van der Waals surface area contributed by atoms with Gasteiger partial charge >= 0.3 is 12.1 Å². The third-order valence-electron chi connectivity index (χ3n) is 4.48. The Kier molecular flexibility index (Phi) is 6.14. The predicted octanol–water partition coefficient (Wildman–Crippen LogP) is 2.75. The molecular formula is C20H24N4O3. The summed E-state index contributed by atoms with van der Waals surface area (Å²) in [5.74, 6) is 0.739. The van der Waals surface area contributed by atoms with Crippen molar-refractivity contribution in [1.29, 1.82) is 0 Å². The highest BCUT2D eigenvalue weighted by molar-refractivity contribution is 5.89. The van der Waals surface area contributed by atoms with E-state index in [-0.39, 0.29) is 12.1 Å². The maximum absolute atomic E-state index is 12.4. The molecule has 142 valence electrons. The molecule has 27 heavy (non-hydrogen) atoms. The van der Waals surface area contributed by atoms with E-state index in [4.69, 9.17) is 4.74 Å². The van der Waals surface area contributed by atoms with Crippen molar-refractivity contribution in [2.24, 2.45) is 0 Å². The minimum absolute atomic E-state index is 0.103. The van der Waals surface area contributed by atoms with Gasteiger partial charge < -0.3 is 25.2 Å². The quantitative estimate of drug-likeness (QED) is 0.871. The van der Waals surface area contributed by atoms with E-state index in [1.54, 1.807) is 41.2 Å². The zero-order valence-electron chi connectivity index (χ0n) is 15.4. The fourth-order valence-electron chi connectivity index (χ4n) is 2.87. The normalized spacial score (nSPS) is 13.8. The number of amides is 4. The van der Waals surface area contributed by atoms with Crippen LogP contribution in [0, 0.1) is 0 Å². The summed E-state index contributed by atoms with van der Waals surface area (Å²) >= 11 is 0. The van der Waals surface area contributed by atoms with Crippen LogP contribution in [-0.2, 0) is 6.54 Å². The third kappa shape index (κ3) is 5.13. The Bertz CT molecular complexity index is 757. The second-order valence-electron chi connectivity index (χ2n) is 6.28. The number of carbonyl (C=O) groups is 2. The first-order chi connectivity index (χ1) is 13.2. The number of carbonyl (C=O) groups excluding carboxylic acids is 2. The summed E-state index contributed by atoms with van der Waals surface area (Å²) in [5.41, 5.74) is 1.77. The highest BCUT2D eigenvalue weighted by Gasteiger charge is 2.24. The molecule has 4 amide bonds. The monoisotopic (exact) mass is 368 g/mol. The molecule has 0 unspecified atom stereocenters. The van der Waals surface area contributed by atoms with Crippen LogP contribution >= 0.6 is 0 Å². The lowest BCUT2D eigenvalue weighted by atomic mass is 10.2. The highest BCUT2D eigenvalue weighted by atomic mass is 16.5. The Morgan fingerprint density at radius 1 is 0.889 bits per heavy atom. The van der Waals surface area contributed by atoms with Crippen molar-refractivity contribution >= 4 is 17.7 Å². The first-order valence-corrected chi connectivity index (χ1v) is 8.92. The molecule has 7 heteroatoms. The fraction of sp³-hybridized carbons (Fsp3) is 0.300. The van der Waals surface area contributed by atoms with Gasteiger partial charge in [-0.3, -0.25) is 0 Å². The molecule has 1 aliphatic rings. The number of nitrogens with zero attached hydrogens (tertiary/aromatic N) is 2. The van der Waals surface area contributed by atoms with Gasteiger partial charge in [-0.05, 0) is 29.8 Å². The van der Waals surface area contributed by atoms with Crippen LogP contribution in [0.5, 0.6) is 5.75 Å². The molecule has 0 radical (unpaired) electrons. The van der Waals surface area contributed by atoms with Crippen molar-refractivity contribution in [2.45, 2.75) is 6.54 Å². The Hall–Kier alpha value is -3.22.